The van der Waals surface area contributed by atoms with Crippen molar-refractivity contribution in [3.05, 3.63) is 108 Å². The third-order valence-corrected chi connectivity index (χ3v) is 3.18. The monoisotopic (exact) mass is 373 g/mol. The summed E-state index contributed by atoms with van der Waals surface area (Å²) < 4.78 is 4.27. The van der Waals surface area contributed by atoms with E-state index in [0.717, 1.165) is 5.56 Å². The van der Waals surface area contributed by atoms with Crippen LogP contribution < -0.4 is 0 Å². The molecule has 2 aromatic carbocycles. The minimum Gasteiger partial charge on any atom is -0.466 e. The largest absolute Gasteiger partial charge is 0.466 e. The third-order valence-electron chi connectivity index (χ3n) is 3.18. The summed E-state index contributed by atoms with van der Waals surface area (Å²) in [5, 5.41) is 8.48. The van der Waals surface area contributed by atoms with E-state index in [1.54, 1.807) is 19.9 Å². The summed E-state index contributed by atoms with van der Waals surface area (Å²) in [7, 11) is 1.33. The molecule has 144 valence electrons. The van der Waals surface area contributed by atoms with Gasteiger partial charge in [0.1, 0.15) is 0 Å². The van der Waals surface area contributed by atoms with Gasteiger partial charge in [0, 0.05) is 11.1 Å². The number of nitrogens with zero attached hydrogens (tertiary/aromatic N) is 1. The van der Waals surface area contributed by atoms with Crippen LogP contribution in [0.15, 0.2) is 97.1 Å². The van der Waals surface area contributed by atoms with Crippen molar-refractivity contribution in [2.24, 2.45) is 0 Å². The molecule has 0 aromatic heterocycles. The Morgan fingerprint density at radius 3 is 1.82 bits per heavy atom. The van der Waals surface area contributed by atoms with Gasteiger partial charge in [0.05, 0.1) is 13.2 Å². The molecule has 28 heavy (non-hydrogen) atoms. The number of nitriles is 1. The summed E-state index contributed by atoms with van der Waals surface area (Å²) in [6.07, 6.45) is 7.49. The highest BCUT2D eigenvalue weighted by atomic mass is 16.5. The Labute approximate surface area is 168 Å². The number of hydrogen-bond donors (Lipinski definition) is 0. The molecule has 0 N–H and O–H groups in total. The van der Waals surface area contributed by atoms with Crippen LogP contribution in [-0.2, 0) is 9.53 Å². The zero-order chi connectivity index (χ0) is 21.2. The van der Waals surface area contributed by atoms with Crippen molar-refractivity contribution in [1.29, 1.82) is 5.26 Å². The lowest BCUT2D eigenvalue weighted by Crippen LogP contribution is -1.98. The first-order valence-corrected chi connectivity index (χ1v) is 8.66. The van der Waals surface area contributed by atoms with E-state index in [1.165, 1.54) is 12.7 Å². The van der Waals surface area contributed by atoms with Crippen LogP contribution in [0.5, 0.6) is 0 Å². The Morgan fingerprint density at radius 2 is 1.50 bits per heavy atom. The summed E-state index contributed by atoms with van der Waals surface area (Å²) in [6.45, 7) is 10.4. The number of carbonyl (C=O) groups is 1. The molecule has 0 saturated heterocycles. The minimum atomic E-state index is -0.347. The van der Waals surface area contributed by atoms with Crippen molar-refractivity contribution in [3.8, 4) is 6.07 Å². The van der Waals surface area contributed by atoms with Gasteiger partial charge in [-0.25, -0.2) is 4.79 Å². The highest BCUT2D eigenvalue weighted by Crippen LogP contribution is 2.01. The molecular formula is C25H27NO2. The van der Waals surface area contributed by atoms with E-state index in [0.29, 0.717) is 11.1 Å². The Kier molecular flexibility index (Phi) is 13.6. The quantitative estimate of drug-likeness (QED) is 0.276. The Hall–Kier alpha value is -3.64. The lowest BCUT2D eigenvalue weighted by Gasteiger charge is -1.91. The first-order chi connectivity index (χ1) is 13.4. The van der Waals surface area contributed by atoms with Crippen molar-refractivity contribution in [1.82, 2.24) is 0 Å². The second kappa shape index (κ2) is 15.6. The molecule has 0 aliphatic heterocycles. The smallest absolute Gasteiger partial charge is 0.332 e. The number of esters is 1. The van der Waals surface area contributed by atoms with E-state index in [1.807, 2.05) is 78.9 Å². The molecule has 2 rings (SSSR count). The molecule has 0 heterocycles. The molecular weight excluding hydrogens is 346 g/mol. The predicted octanol–water partition coefficient (Wildman–Crippen LogP) is 6.23. The number of allylic oxidation sites excluding steroid dienone is 3. The number of ether oxygens (including phenoxy) is 1. The van der Waals surface area contributed by atoms with E-state index >= 15 is 0 Å². The van der Waals surface area contributed by atoms with Gasteiger partial charge < -0.3 is 4.74 Å². The van der Waals surface area contributed by atoms with Gasteiger partial charge in [-0.2, -0.15) is 5.26 Å². The molecule has 3 nitrogen and oxygen atoms in total. The fourth-order valence-electron chi connectivity index (χ4n) is 1.67. The molecule has 0 amide bonds. The number of carbonyl (C=O) groups excluding carboxylic acids is 1. The summed E-state index contributed by atoms with van der Waals surface area (Å²) >= 11 is 0. The lowest BCUT2D eigenvalue weighted by molar-refractivity contribution is -0.136. The molecule has 0 aliphatic rings. The fourth-order valence-corrected chi connectivity index (χ4v) is 1.67. The zero-order valence-corrected chi connectivity index (χ0v) is 16.8. The predicted molar refractivity (Wildman–Crippen MR) is 118 cm³/mol. The van der Waals surface area contributed by atoms with Crippen LogP contribution in [0.25, 0.3) is 12.2 Å². The SMILES string of the molecule is C=C(C)C(=O)OC.C=Cc1ccccc1.CC(C#N)=CC=Cc1ccccc1. The first-order valence-electron chi connectivity index (χ1n) is 8.66. The van der Waals surface area contributed by atoms with Gasteiger partial charge in [-0.15, -0.1) is 0 Å². The molecule has 0 bridgehead atoms. The minimum absolute atomic E-state index is 0.347. The number of rotatable bonds is 4. The van der Waals surface area contributed by atoms with Gasteiger partial charge in [0.2, 0.25) is 0 Å². The molecule has 0 radical (unpaired) electrons. The normalized spacial score (nSPS) is 9.71. The molecule has 0 aliphatic carbocycles. The summed E-state index contributed by atoms with van der Waals surface area (Å²) in [5.41, 5.74) is 3.46. The van der Waals surface area contributed by atoms with Crippen LogP contribution in [0.2, 0.25) is 0 Å². The van der Waals surface area contributed by atoms with Crippen LogP contribution in [0, 0.1) is 11.3 Å². The van der Waals surface area contributed by atoms with Crippen molar-refractivity contribution >= 4 is 18.1 Å². The summed E-state index contributed by atoms with van der Waals surface area (Å²) in [6, 6.07) is 22.1. The molecule has 0 unspecified atom stereocenters. The second-order valence-corrected chi connectivity index (χ2v) is 5.62. The van der Waals surface area contributed by atoms with E-state index in [-0.39, 0.29) is 5.97 Å². The van der Waals surface area contributed by atoms with Gasteiger partial charge in [0.15, 0.2) is 0 Å². The Bertz CT molecular complexity index is 826. The summed E-state index contributed by atoms with van der Waals surface area (Å²) in [4.78, 5) is 10.2. The van der Waals surface area contributed by atoms with Crippen LogP contribution >= 0.6 is 0 Å². The van der Waals surface area contributed by atoms with Crippen molar-refractivity contribution in [2.45, 2.75) is 13.8 Å². The highest BCUT2D eigenvalue weighted by molar-refractivity contribution is 5.86. The van der Waals surface area contributed by atoms with Crippen LogP contribution in [0.1, 0.15) is 25.0 Å². The van der Waals surface area contributed by atoms with Gasteiger partial charge in [-0.3, -0.25) is 0 Å². The van der Waals surface area contributed by atoms with E-state index in [2.05, 4.69) is 24.0 Å². The van der Waals surface area contributed by atoms with Crippen LogP contribution in [0.3, 0.4) is 0 Å². The third kappa shape index (κ3) is 12.7. The molecule has 0 saturated carbocycles. The Morgan fingerprint density at radius 1 is 1.00 bits per heavy atom. The Balaban J connectivity index is 0.000000419. The first kappa shape index (κ1) is 24.4. The topological polar surface area (TPSA) is 50.1 Å². The number of benzene rings is 2. The van der Waals surface area contributed by atoms with Gasteiger partial charge in [-0.1, -0.05) is 92.0 Å². The van der Waals surface area contributed by atoms with Gasteiger partial charge >= 0.3 is 5.97 Å². The lowest BCUT2D eigenvalue weighted by atomic mass is 10.2. The van der Waals surface area contributed by atoms with Gasteiger partial charge in [0.25, 0.3) is 0 Å². The van der Waals surface area contributed by atoms with E-state index in [9.17, 15) is 4.79 Å². The number of hydrogen-bond acceptors (Lipinski definition) is 3. The molecule has 3 heteroatoms. The van der Waals surface area contributed by atoms with Gasteiger partial charge in [-0.05, 0) is 31.1 Å². The zero-order valence-electron chi connectivity index (χ0n) is 16.8. The van der Waals surface area contributed by atoms with Crippen molar-refractivity contribution in [2.75, 3.05) is 7.11 Å². The molecule has 0 fully saturated rings. The average molecular weight is 373 g/mol. The standard InChI is InChI=1S/C12H11N.C8H8.C5H8O2/c1-11(10-13)6-5-9-12-7-3-2-4-8-12;1-2-8-6-4-3-5-7-8;1-4(2)5(6)7-3/h2-9H,1H3;2-7H,1H2;1H2,2-3H3. The van der Waals surface area contributed by atoms with E-state index < -0.39 is 0 Å². The van der Waals surface area contributed by atoms with Crippen LogP contribution in [-0.4, -0.2) is 13.1 Å². The maximum absolute atomic E-state index is 10.2. The molecule has 2 aromatic rings. The van der Waals surface area contributed by atoms with Crippen LogP contribution in [0.4, 0.5) is 0 Å². The molecule has 0 atom stereocenters. The van der Waals surface area contributed by atoms with Crippen molar-refractivity contribution in [3.63, 3.8) is 0 Å². The maximum Gasteiger partial charge on any atom is 0.332 e. The number of methoxy groups -OCH3 is 1. The second-order valence-electron chi connectivity index (χ2n) is 5.62. The van der Waals surface area contributed by atoms with E-state index in [4.69, 9.17) is 5.26 Å². The maximum atomic E-state index is 10.2. The summed E-state index contributed by atoms with van der Waals surface area (Å²) in [5.74, 6) is -0.347. The van der Waals surface area contributed by atoms with Crippen molar-refractivity contribution < 1.29 is 9.53 Å². The molecule has 0 spiro atoms. The average Bonchev–Trinajstić information content (AvgIpc) is 2.75. The highest BCUT2D eigenvalue weighted by Gasteiger charge is 1.95. The fraction of sp³-hybridized carbons (Fsp3) is 0.120.